The van der Waals surface area contributed by atoms with Gasteiger partial charge in [-0.3, -0.25) is 19.4 Å². The fourth-order valence-corrected chi connectivity index (χ4v) is 3.25. The Bertz CT molecular complexity index is 1130. The summed E-state index contributed by atoms with van der Waals surface area (Å²) in [6.45, 7) is 7.73. The Labute approximate surface area is 185 Å². The predicted octanol–water partition coefficient (Wildman–Crippen LogP) is 0.802. The number of aromatic nitrogens is 4. The maximum absolute atomic E-state index is 12.3. The number of hydrogen-bond donors (Lipinski definition) is 4. The molecule has 2 amide bonds. The minimum Gasteiger partial charge on any atom is -0.369 e. The summed E-state index contributed by atoms with van der Waals surface area (Å²) in [5, 5.41) is 5.69. The Balaban J connectivity index is 1.50. The van der Waals surface area contributed by atoms with Gasteiger partial charge in [-0.25, -0.2) is 4.98 Å². The monoisotopic (exact) mass is 440 g/mol. The number of aryl methyl sites for hydroxylation is 1. The van der Waals surface area contributed by atoms with E-state index in [2.05, 4.69) is 44.3 Å². The minimum atomic E-state index is -0.423. The lowest BCUT2D eigenvalue weighted by Gasteiger charge is -2.18. The number of nitrogens with two attached hydrogens (primary N) is 1. The van der Waals surface area contributed by atoms with E-state index in [0.29, 0.717) is 23.4 Å². The van der Waals surface area contributed by atoms with E-state index in [1.54, 1.807) is 28.8 Å². The number of anilines is 2. The molecule has 11 nitrogen and oxygen atoms in total. The lowest BCUT2D eigenvalue weighted by Crippen LogP contribution is -2.34. The van der Waals surface area contributed by atoms with Crippen LogP contribution in [0.25, 0.3) is 11.2 Å². The molecule has 3 aromatic rings. The van der Waals surface area contributed by atoms with Gasteiger partial charge < -0.3 is 25.8 Å². The van der Waals surface area contributed by atoms with Crippen LogP contribution >= 0.6 is 0 Å². The molecule has 0 saturated carbocycles. The minimum absolute atomic E-state index is 0.00844. The van der Waals surface area contributed by atoms with Crippen LogP contribution in [0, 0.1) is 0 Å². The molecule has 2 heterocycles. The Morgan fingerprint density at radius 2 is 1.91 bits per heavy atom. The van der Waals surface area contributed by atoms with Gasteiger partial charge >= 0.3 is 0 Å². The molecule has 0 aliphatic rings. The quantitative estimate of drug-likeness (QED) is 0.364. The highest BCUT2D eigenvalue weighted by Gasteiger charge is 2.11. The summed E-state index contributed by atoms with van der Waals surface area (Å²) in [5.41, 5.74) is 6.77. The molecule has 0 saturated heterocycles. The van der Waals surface area contributed by atoms with Crippen LogP contribution in [0.5, 0.6) is 0 Å². The van der Waals surface area contributed by atoms with Gasteiger partial charge in [0, 0.05) is 37.3 Å². The predicted molar refractivity (Wildman–Crippen MR) is 122 cm³/mol. The molecule has 0 aliphatic carbocycles. The van der Waals surface area contributed by atoms with Crippen molar-refractivity contribution in [3.05, 3.63) is 46.5 Å². The van der Waals surface area contributed by atoms with Crippen molar-refractivity contribution in [2.45, 2.75) is 26.8 Å². The van der Waals surface area contributed by atoms with E-state index in [0.717, 1.165) is 19.6 Å². The van der Waals surface area contributed by atoms with Gasteiger partial charge in [-0.1, -0.05) is 13.8 Å². The summed E-state index contributed by atoms with van der Waals surface area (Å²) in [6, 6.07) is 6.71. The van der Waals surface area contributed by atoms with E-state index in [9.17, 15) is 14.4 Å². The number of imidazole rings is 1. The van der Waals surface area contributed by atoms with E-state index in [1.807, 2.05) is 0 Å². The Morgan fingerprint density at radius 1 is 1.19 bits per heavy atom. The van der Waals surface area contributed by atoms with Crippen LogP contribution in [0.4, 0.5) is 11.6 Å². The molecular formula is C21H28N8O3. The summed E-state index contributed by atoms with van der Waals surface area (Å²) >= 11 is 0. The number of nitrogens with one attached hydrogen (secondary N) is 3. The molecule has 2 aromatic heterocycles. The molecule has 0 fully saturated rings. The molecule has 11 heteroatoms. The Hall–Kier alpha value is -3.73. The number of H-pyrrole nitrogens is 1. The highest BCUT2D eigenvalue weighted by atomic mass is 16.2. The van der Waals surface area contributed by atoms with Crippen LogP contribution in [-0.4, -0.2) is 62.4 Å². The molecule has 0 atom stereocenters. The van der Waals surface area contributed by atoms with Crippen LogP contribution in [0.15, 0.2) is 35.4 Å². The summed E-state index contributed by atoms with van der Waals surface area (Å²) in [5.74, 6) is -0.379. The molecule has 0 radical (unpaired) electrons. The van der Waals surface area contributed by atoms with Gasteiger partial charge in [0.1, 0.15) is 0 Å². The van der Waals surface area contributed by atoms with Crippen molar-refractivity contribution in [3.63, 3.8) is 0 Å². The van der Waals surface area contributed by atoms with Gasteiger partial charge in [0.05, 0.1) is 6.33 Å². The van der Waals surface area contributed by atoms with E-state index < -0.39 is 5.56 Å². The fourth-order valence-electron chi connectivity index (χ4n) is 3.25. The molecule has 32 heavy (non-hydrogen) atoms. The third kappa shape index (κ3) is 5.70. The first-order valence-electron chi connectivity index (χ1n) is 10.5. The van der Waals surface area contributed by atoms with Crippen LogP contribution in [0.3, 0.4) is 0 Å². The second-order valence-electron chi connectivity index (χ2n) is 7.22. The number of carbonyl (C=O) groups excluding carboxylic acids is 2. The highest BCUT2D eigenvalue weighted by molar-refractivity contribution is 5.95. The number of rotatable bonds is 10. The first-order valence-corrected chi connectivity index (χ1v) is 10.5. The lowest BCUT2D eigenvalue weighted by atomic mass is 10.2. The van der Waals surface area contributed by atoms with Crippen LogP contribution in [0.2, 0.25) is 0 Å². The first kappa shape index (κ1) is 22.9. The second-order valence-corrected chi connectivity index (χ2v) is 7.22. The van der Waals surface area contributed by atoms with Crippen LogP contribution < -0.4 is 21.9 Å². The number of fused-ring (bicyclic) bond motifs is 1. The zero-order chi connectivity index (χ0) is 23.1. The van der Waals surface area contributed by atoms with E-state index in [1.165, 1.54) is 6.33 Å². The number of likely N-dealkylation sites (N-methyl/N-ethyl adjacent to an activating group) is 1. The van der Waals surface area contributed by atoms with E-state index in [4.69, 9.17) is 5.73 Å². The number of nitrogens with zero attached hydrogens (tertiary/aromatic N) is 4. The van der Waals surface area contributed by atoms with Crippen molar-refractivity contribution in [1.29, 1.82) is 0 Å². The Kier molecular flexibility index (Phi) is 7.55. The highest BCUT2D eigenvalue weighted by Crippen LogP contribution is 2.11. The summed E-state index contributed by atoms with van der Waals surface area (Å²) in [6.07, 6.45) is 1.60. The van der Waals surface area contributed by atoms with E-state index >= 15 is 0 Å². The lowest BCUT2D eigenvalue weighted by molar-refractivity contribution is -0.116. The van der Waals surface area contributed by atoms with Gasteiger partial charge in [-0.15, -0.1) is 0 Å². The zero-order valence-corrected chi connectivity index (χ0v) is 18.2. The topological polar surface area (TPSA) is 151 Å². The number of aromatic amines is 1. The molecule has 1 aromatic carbocycles. The molecule has 170 valence electrons. The van der Waals surface area contributed by atoms with Crippen LogP contribution in [-0.2, 0) is 11.3 Å². The van der Waals surface area contributed by atoms with Gasteiger partial charge in [0.15, 0.2) is 11.2 Å². The van der Waals surface area contributed by atoms with Gasteiger partial charge in [0.2, 0.25) is 11.9 Å². The largest absolute Gasteiger partial charge is 0.369 e. The molecule has 3 rings (SSSR count). The van der Waals surface area contributed by atoms with Crippen molar-refractivity contribution in [2.24, 2.45) is 0 Å². The number of carbonyl (C=O) groups is 2. The number of amides is 2. The number of hydrogen-bond acceptors (Lipinski definition) is 7. The van der Waals surface area contributed by atoms with Crippen molar-refractivity contribution < 1.29 is 9.59 Å². The summed E-state index contributed by atoms with van der Waals surface area (Å²) in [7, 11) is 0. The second kappa shape index (κ2) is 10.5. The number of nitrogen functional groups attached to an aromatic ring is 1. The molecule has 0 spiro atoms. The third-order valence-corrected chi connectivity index (χ3v) is 5.11. The third-order valence-electron chi connectivity index (χ3n) is 5.11. The zero-order valence-electron chi connectivity index (χ0n) is 18.2. The van der Waals surface area contributed by atoms with Crippen molar-refractivity contribution >= 4 is 34.6 Å². The fraction of sp³-hybridized carbons (Fsp3) is 0.381. The molecule has 0 unspecified atom stereocenters. The van der Waals surface area contributed by atoms with Gasteiger partial charge in [0.25, 0.3) is 11.5 Å². The van der Waals surface area contributed by atoms with Crippen molar-refractivity contribution in [2.75, 3.05) is 37.2 Å². The average molecular weight is 441 g/mol. The normalized spacial score (nSPS) is 11.1. The van der Waals surface area contributed by atoms with Crippen LogP contribution in [0.1, 0.15) is 30.6 Å². The maximum Gasteiger partial charge on any atom is 0.280 e. The standard InChI is InChI=1S/C21H28N8O3/c1-3-28(4-2)12-10-23-19(31)14-5-7-15(8-6-14)25-16(30)9-11-29-13-24-17-18(29)26-21(22)27-20(17)32/h5-8,13H,3-4,9-12H2,1-2H3,(H,23,31)(H,25,30)(H3,22,26,27,32). The van der Waals surface area contributed by atoms with Crippen molar-refractivity contribution in [1.82, 2.24) is 29.7 Å². The van der Waals surface area contributed by atoms with Gasteiger partial charge in [-0.05, 0) is 37.4 Å². The molecule has 0 aliphatic heterocycles. The number of benzene rings is 1. The average Bonchev–Trinajstić information content (AvgIpc) is 3.19. The SMILES string of the molecule is CCN(CC)CCNC(=O)c1ccc(NC(=O)CCn2cnc3c(=O)[nH]c(N)nc32)cc1. The molecular weight excluding hydrogens is 412 g/mol. The Morgan fingerprint density at radius 3 is 2.59 bits per heavy atom. The molecule has 5 N–H and O–H groups in total. The maximum atomic E-state index is 12.3. The first-order chi connectivity index (χ1) is 15.4. The van der Waals surface area contributed by atoms with E-state index in [-0.39, 0.29) is 36.2 Å². The van der Waals surface area contributed by atoms with Crippen molar-refractivity contribution in [3.8, 4) is 0 Å². The molecule has 0 bridgehead atoms. The summed E-state index contributed by atoms with van der Waals surface area (Å²) < 4.78 is 1.60. The van der Waals surface area contributed by atoms with Gasteiger partial charge in [-0.2, -0.15) is 4.98 Å². The summed E-state index contributed by atoms with van der Waals surface area (Å²) in [4.78, 5) is 49.1. The smallest absolute Gasteiger partial charge is 0.280 e.